The Balaban J connectivity index is 1.82. The molecule has 0 radical (unpaired) electrons. The van der Waals surface area contributed by atoms with Gasteiger partial charge in [-0.25, -0.2) is 4.68 Å². The lowest BCUT2D eigenvalue weighted by Gasteiger charge is -2.27. The van der Waals surface area contributed by atoms with Crippen LogP contribution in [0.2, 0.25) is 0 Å². The van der Waals surface area contributed by atoms with Crippen molar-refractivity contribution in [3.8, 4) is 0 Å². The van der Waals surface area contributed by atoms with E-state index in [4.69, 9.17) is 0 Å². The van der Waals surface area contributed by atoms with Crippen LogP contribution in [0.1, 0.15) is 64.1 Å². The molecular formula is C14H26N4. The van der Waals surface area contributed by atoms with Gasteiger partial charge in [-0.1, -0.05) is 25.5 Å². The van der Waals surface area contributed by atoms with Crippen LogP contribution in [0.3, 0.4) is 0 Å². The Morgan fingerprint density at radius 3 is 2.72 bits per heavy atom. The number of nitrogens with one attached hydrogen (secondary N) is 1. The fourth-order valence-electron chi connectivity index (χ4n) is 2.78. The van der Waals surface area contributed by atoms with E-state index in [9.17, 15) is 0 Å². The number of rotatable bonds is 6. The van der Waals surface area contributed by atoms with Gasteiger partial charge in [0.05, 0.1) is 17.9 Å². The monoisotopic (exact) mass is 250 g/mol. The van der Waals surface area contributed by atoms with E-state index in [0.29, 0.717) is 6.04 Å². The predicted octanol–water partition coefficient (Wildman–Crippen LogP) is 2.92. The van der Waals surface area contributed by atoms with Crippen LogP contribution in [-0.2, 0) is 6.54 Å². The molecular weight excluding hydrogens is 224 g/mol. The molecule has 102 valence electrons. The van der Waals surface area contributed by atoms with Crippen LogP contribution in [0.25, 0.3) is 0 Å². The lowest BCUT2D eigenvalue weighted by molar-refractivity contribution is 0.253. The van der Waals surface area contributed by atoms with Crippen molar-refractivity contribution in [3.63, 3.8) is 0 Å². The average Bonchev–Trinajstić information content (AvgIpc) is 2.88. The highest BCUT2D eigenvalue weighted by Crippen LogP contribution is 2.33. The molecule has 0 aliphatic heterocycles. The van der Waals surface area contributed by atoms with E-state index in [1.807, 2.05) is 0 Å². The summed E-state index contributed by atoms with van der Waals surface area (Å²) < 4.78 is 2.09. The fourth-order valence-corrected chi connectivity index (χ4v) is 2.78. The van der Waals surface area contributed by atoms with Crippen molar-refractivity contribution in [1.29, 1.82) is 0 Å². The third-order valence-corrected chi connectivity index (χ3v) is 4.06. The summed E-state index contributed by atoms with van der Waals surface area (Å²) in [7, 11) is 0. The molecule has 1 N–H and O–H groups in total. The highest BCUT2D eigenvalue weighted by atomic mass is 15.4. The number of hydrogen-bond acceptors (Lipinski definition) is 3. The SMILES string of the molecule is CCCNCc1cn(C2CCC(CC)CC2)nn1. The van der Waals surface area contributed by atoms with Crippen LogP contribution >= 0.6 is 0 Å². The van der Waals surface area contributed by atoms with Gasteiger partial charge in [0.25, 0.3) is 0 Å². The minimum Gasteiger partial charge on any atom is -0.311 e. The lowest BCUT2D eigenvalue weighted by Crippen LogP contribution is -2.18. The van der Waals surface area contributed by atoms with Gasteiger partial charge in [-0.05, 0) is 44.6 Å². The van der Waals surface area contributed by atoms with E-state index in [1.165, 1.54) is 32.1 Å². The van der Waals surface area contributed by atoms with Crippen molar-refractivity contribution < 1.29 is 0 Å². The normalized spacial score (nSPS) is 24.3. The molecule has 1 saturated carbocycles. The second-order valence-corrected chi connectivity index (χ2v) is 5.45. The van der Waals surface area contributed by atoms with Gasteiger partial charge in [-0.15, -0.1) is 5.10 Å². The second-order valence-electron chi connectivity index (χ2n) is 5.45. The molecule has 4 heteroatoms. The van der Waals surface area contributed by atoms with Crippen molar-refractivity contribution in [1.82, 2.24) is 20.3 Å². The van der Waals surface area contributed by atoms with Crippen LogP contribution in [0.4, 0.5) is 0 Å². The van der Waals surface area contributed by atoms with Gasteiger partial charge in [0.2, 0.25) is 0 Å². The third-order valence-electron chi connectivity index (χ3n) is 4.06. The van der Waals surface area contributed by atoms with E-state index in [1.54, 1.807) is 0 Å². The van der Waals surface area contributed by atoms with Gasteiger partial charge in [0.15, 0.2) is 0 Å². The van der Waals surface area contributed by atoms with Crippen molar-refractivity contribution >= 4 is 0 Å². The van der Waals surface area contributed by atoms with Gasteiger partial charge in [-0.2, -0.15) is 0 Å². The van der Waals surface area contributed by atoms with Gasteiger partial charge in [0, 0.05) is 6.54 Å². The highest BCUT2D eigenvalue weighted by molar-refractivity contribution is 4.93. The van der Waals surface area contributed by atoms with Crippen molar-refractivity contribution in [2.75, 3.05) is 6.54 Å². The summed E-state index contributed by atoms with van der Waals surface area (Å²) in [6, 6.07) is 0.584. The summed E-state index contributed by atoms with van der Waals surface area (Å²) in [5, 5.41) is 11.9. The Morgan fingerprint density at radius 2 is 2.06 bits per heavy atom. The van der Waals surface area contributed by atoms with Gasteiger partial charge in [0.1, 0.15) is 0 Å². The maximum absolute atomic E-state index is 4.30. The summed E-state index contributed by atoms with van der Waals surface area (Å²) in [6.45, 7) is 6.38. The molecule has 1 aromatic heterocycles. The molecule has 4 nitrogen and oxygen atoms in total. The first-order chi connectivity index (χ1) is 8.83. The second kappa shape index (κ2) is 6.88. The molecule has 1 aliphatic carbocycles. The van der Waals surface area contributed by atoms with E-state index in [0.717, 1.165) is 31.1 Å². The van der Waals surface area contributed by atoms with Crippen LogP contribution in [-0.4, -0.2) is 21.5 Å². The number of hydrogen-bond donors (Lipinski definition) is 1. The molecule has 0 saturated heterocycles. The summed E-state index contributed by atoms with van der Waals surface area (Å²) in [5.41, 5.74) is 1.07. The van der Waals surface area contributed by atoms with Crippen molar-refractivity contribution in [2.24, 2.45) is 5.92 Å². The van der Waals surface area contributed by atoms with Crippen LogP contribution < -0.4 is 5.32 Å². The predicted molar refractivity (Wildman–Crippen MR) is 73.3 cm³/mol. The average molecular weight is 250 g/mol. The molecule has 1 heterocycles. The molecule has 0 aromatic carbocycles. The van der Waals surface area contributed by atoms with Crippen molar-refractivity contribution in [3.05, 3.63) is 11.9 Å². The Hall–Kier alpha value is -0.900. The minimum absolute atomic E-state index is 0.584. The third kappa shape index (κ3) is 3.55. The standard InChI is InChI=1S/C14H26N4/c1-3-9-15-10-13-11-18(17-16-13)14-7-5-12(4-2)6-8-14/h11-12,14-15H,3-10H2,1-2H3. The zero-order valence-electron chi connectivity index (χ0n) is 11.7. The summed E-state index contributed by atoms with van der Waals surface area (Å²) in [4.78, 5) is 0. The molecule has 1 aromatic rings. The Labute approximate surface area is 110 Å². The quantitative estimate of drug-likeness (QED) is 0.789. The zero-order valence-corrected chi connectivity index (χ0v) is 11.7. The summed E-state index contributed by atoms with van der Waals surface area (Å²) >= 11 is 0. The highest BCUT2D eigenvalue weighted by Gasteiger charge is 2.22. The lowest BCUT2D eigenvalue weighted by atomic mass is 9.85. The van der Waals surface area contributed by atoms with E-state index in [2.05, 4.69) is 40.4 Å². The van der Waals surface area contributed by atoms with Gasteiger partial charge in [-0.3, -0.25) is 0 Å². The fraction of sp³-hybridized carbons (Fsp3) is 0.857. The first-order valence-corrected chi connectivity index (χ1v) is 7.44. The van der Waals surface area contributed by atoms with Crippen LogP contribution in [0.15, 0.2) is 6.20 Å². The summed E-state index contributed by atoms with van der Waals surface area (Å²) in [6.07, 6.45) is 9.85. The topological polar surface area (TPSA) is 42.7 Å². The molecule has 1 aliphatic rings. The first-order valence-electron chi connectivity index (χ1n) is 7.44. The van der Waals surface area contributed by atoms with Gasteiger partial charge < -0.3 is 5.32 Å². The molecule has 0 spiro atoms. The molecule has 0 atom stereocenters. The van der Waals surface area contributed by atoms with Crippen LogP contribution in [0, 0.1) is 5.92 Å². The molecule has 1 fully saturated rings. The number of nitrogens with zero attached hydrogens (tertiary/aromatic N) is 3. The van der Waals surface area contributed by atoms with E-state index in [-0.39, 0.29) is 0 Å². The molecule has 0 unspecified atom stereocenters. The zero-order chi connectivity index (χ0) is 12.8. The van der Waals surface area contributed by atoms with E-state index < -0.39 is 0 Å². The number of aromatic nitrogens is 3. The largest absolute Gasteiger partial charge is 0.311 e. The van der Waals surface area contributed by atoms with Gasteiger partial charge >= 0.3 is 0 Å². The smallest absolute Gasteiger partial charge is 0.0964 e. The van der Waals surface area contributed by atoms with Crippen LogP contribution in [0.5, 0.6) is 0 Å². The summed E-state index contributed by atoms with van der Waals surface area (Å²) in [5.74, 6) is 0.940. The minimum atomic E-state index is 0.584. The maximum atomic E-state index is 4.30. The Kier molecular flexibility index (Phi) is 5.17. The molecule has 2 rings (SSSR count). The molecule has 0 amide bonds. The molecule has 0 bridgehead atoms. The maximum Gasteiger partial charge on any atom is 0.0964 e. The van der Waals surface area contributed by atoms with E-state index >= 15 is 0 Å². The Bertz CT molecular complexity index is 339. The molecule has 18 heavy (non-hydrogen) atoms. The first kappa shape index (κ1) is 13.5. The van der Waals surface area contributed by atoms with Crippen molar-refractivity contribution in [2.45, 2.75) is 65.0 Å². The Morgan fingerprint density at radius 1 is 1.28 bits per heavy atom.